The van der Waals surface area contributed by atoms with Gasteiger partial charge in [0.25, 0.3) is 0 Å². The number of aliphatic imine (C=N–C) groups is 1. The molecule has 2 saturated heterocycles. The van der Waals surface area contributed by atoms with Gasteiger partial charge in [-0.1, -0.05) is 83.3 Å². The first-order valence-corrected chi connectivity index (χ1v) is 28.7. The number of nitrogens with two attached hydrogens (primary N) is 5. The minimum atomic E-state index is -1.77. The highest BCUT2D eigenvalue weighted by Crippen LogP contribution is 2.48. The molecule has 2 heterocycles. The minimum absolute atomic E-state index is 0.0113. The molecule has 1 spiro atoms. The molecule has 7 atom stereocenters. The number of ether oxygens (including phenoxy) is 1. The van der Waals surface area contributed by atoms with Crippen LogP contribution in [-0.2, 0) is 65.6 Å². The lowest BCUT2D eigenvalue weighted by molar-refractivity contribution is -0.142. The van der Waals surface area contributed by atoms with Gasteiger partial charge in [0.1, 0.15) is 48.0 Å². The Balaban J connectivity index is 1.53. The number of guanidine groups is 1. The Kier molecular flexibility index (Phi) is 24.7. The van der Waals surface area contributed by atoms with Crippen LogP contribution in [0.15, 0.2) is 59.6 Å². The maximum absolute atomic E-state index is 15.0. The molecular weight excluding hydrogens is 1080 g/mol. The van der Waals surface area contributed by atoms with Crippen molar-refractivity contribution in [2.24, 2.45) is 33.7 Å². The first-order chi connectivity index (χ1) is 38.1. The predicted octanol–water partition coefficient (Wildman–Crippen LogP) is -2.34. The van der Waals surface area contributed by atoms with Crippen molar-refractivity contribution in [2.75, 3.05) is 32.5 Å². The zero-order valence-corrected chi connectivity index (χ0v) is 46.3. The summed E-state index contributed by atoms with van der Waals surface area (Å²) in [5.41, 5.74) is 28.5. The molecule has 436 valence electrons. The van der Waals surface area contributed by atoms with Gasteiger partial charge in [-0.25, -0.2) is 0 Å². The Labute approximate surface area is 471 Å². The summed E-state index contributed by atoms with van der Waals surface area (Å²) in [5, 5.41) is 18.5. The molecule has 2 aromatic rings. The average molecular weight is 1150 g/mol. The molecule has 26 nitrogen and oxygen atoms in total. The molecule has 1 unspecified atom stereocenters. The number of nitrogens with zero attached hydrogens (tertiary/aromatic N) is 2. The SMILES string of the molecule is COc1ccc(C[C@@H]2NC(=O)CC3(CCCCC3)SSC[C@@H](C(=O)N3CCC[C@H]3C(=O)N[C@@H](CCCN=C(N)N)C(=O)NCC(N)=O)NC(=O)[C@H](CC(N)=O)NC(=O)C(CCC(N)=O)NC(=O)[C@H](Cc3ccccc3)NC2=O)cc1. The lowest BCUT2D eigenvalue weighted by Gasteiger charge is -2.37. The van der Waals surface area contributed by atoms with Crippen LogP contribution in [0.25, 0.3) is 0 Å². The number of primary amides is 3. The number of hydrogen-bond donors (Lipinski definition) is 12. The van der Waals surface area contributed by atoms with Crippen LogP contribution >= 0.6 is 21.6 Å². The Morgan fingerprint density at radius 1 is 0.738 bits per heavy atom. The van der Waals surface area contributed by atoms with Crippen LogP contribution in [0.4, 0.5) is 0 Å². The third-order valence-electron chi connectivity index (χ3n) is 13.7. The van der Waals surface area contributed by atoms with E-state index >= 15 is 0 Å². The summed E-state index contributed by atoms with van der Waals surface area (Å²) >= 11 is 0. The second kappa shape index (κ2) is 31.2. The zero-order valence-electron chi connectivity index (χ0n) is 44.7. The van der Waals surface area contributed by atoms with Crippen LogP contribution in [0.3, 0.4) is 0 Å². The summed E-state index contributed by atoms with van der Waals surface area (Å²) in [6.45, 7) is -0.382. The van der Waals surface area contributed by atoms with Crippen molar-refractivity contribution >= 4 is 92.5 Å². The lowest BCUT2D eigenvalue weighted by Crippen LogP contribution is -2.61. The third-order valence-corrected chi connectivity index (χ3v) is 17.0. The summed E-state index contributed by atoms with van der Waals surface area (Å²) in [6, 6.07) is 5.70. The van der Waals surface area contributed by atoms with E-state index in [1.54, 1.807) is 54.6 Å². The highest BCUT2D eigenvalue weighted by molar-refractivity contribution is 8.77. The van der Waals surface area contributed by atoms with Crippen molar-refractivity contribution in [1.29, 1.82) is 0 Å². The summed E-state index contributed by atoms with van der Waals surface area (Å²) in [4.78, 5) is 156. The highest BCUT2D eigenvalue weighted by atomic mass is 33.1. The molecule has 11 amide bonds. The Morgan fingerprint density at radius 2 is 1.35 bits per heavy atom. The number of hydrogen-bond acceptors (Lipinski definition) is 15. The molecule has 2 aromatic carbocycles. The monoisotopic (exact) mass is 1150 g/mol. The van der Waals surface area contributed by atoms with Crippen molar-refractivity contribution in [3.8, 4) is 5.75 Å². The number of amides is 11. The van der Waals surface area contributed by atoms with E-state index in [0.717, 1.165) is 19.3 Å². The Morgan fingerprint density at radius 3 is 1.98 bits per heavy atom. The van der Waals surface area contributed by atoms with Gasteiger partial charge >= 0.3 is 0 Å². The fourth-order valence-electron chi connectivity index (χ4n) is 9.59. The summed E-state index contributed by atoms with van der Waals surface area (Å²) in [5.74, 6) is -8.92. The fourth-order valence-corrected chi connectivity index (χ4v) is 13.0. The highest BCUT2D eigenvalue weighted by Gasteiger charge is 2.42. The van der Waals surface area contributed by atoms with E-state index in [9.17, 15) is 52.7 Å². The second-order valence-corrected chi connectivity index (χ2v) is 22.8. The first kappa shape index (κ1) is 63.2. The molecule has 1 saturated carbocycles. The molecule has 17 N–H and O–H groups in total. The van der Waals surface area contributed by atoms with Crippen molar-refractivity contribution in [2.45, 2.75) is 143 Å². The number of nitrogens with one attached hydrogen (secondary N) is 7. The van der Waals surface area contributed by atoms with Crippen molar-refractivity contribution < 1.29 is 57.5 Å². The van der Waals surface area contributed by atoms with Gasteiger partial charge in [0.05, 0.1) is 20.1 Å². The largest absolute Gasteiger partial charge is 0.497 e. The third kappa shape index (κ3) is 20.2. The van der Waals surface area contributed by atoms with Gasteiger partial charge in [0.15, 0.2) is 5.96 Å². The van der Waals surface area contributed by atoms with Gasteiger partial charge < -0.3 is 75.5 Å². The number of benzene rings is 2. The Bertz CT molecular complexity index is 2570. The molecule has 3 fully saturated rings. The number of likely N-dealkylation sites (tertiary alicyclic amines) is 1. The number of carbonyl (C=O) groups is 11. The van der Waals surface area contributed by atoms with Gasteiger partial charge in [-0.15, -0.1) is 0 Å². The van der Waals surface area contributed by atoms with E-state index < -0.39 is 138 Å². The number of carbonyl (C=O) groups excluding carboxylic acids is 11. The fraction of sp³-hybridized carbons (Fsp3) is 0.538. The molecule has 2 aliphatic heterocycles. The number of rotatable bonds is 20. The second-order valence-electron chi connectivity index (χ2n) is 20.0. The number of methoxy groups -OCH3 is 1. The maximum atomic E-state index is 15.0. The quantitative estimate of drug-likeness (QED) is 0.0286. The van der Waals surface area contributed by atoms with Crippen LogP contribution in [0, 0.1) is 0 Å². The molecule has 3 aliphatic rings. The van der Waals surface area contributed by atoms with Crippen molar-refractivity contribution in [1.82, 2.24) is 42.1 Å². The average Bonchev–Trinajstić information content (AvgIpc) is 3.95. The molecule has 0 bridgehead atoms. The van der Waals surface area contributed by atoms with E-state index in [2.05, 4.69) is 42.2 Å². The smallest absolute Gasteiger partial charge is 0.246 e. The van der Waals surface area contributed by atoms with E-state index in [4.69, 9.17) is 33.4 Å². The van der Waals surface area contributed by atoms with E-state index in [0.29, 0.717) is 36.1 Å². The molecule has 1 aliphatic carbocycles. The van der Waals surface area contributed by atoms with Crippen LogP contribution < -0.4 is 70.6 Å². The van der Waals surface area contributed by atoms with Gasteiger partial charge in [-0.05, 0) is 68.2 Å². The van der Waals surface area contributed by atoms with E-state index in [-0.39, 0.29) is 63.3 Å². The van der Waals surface area contributed by atoms with E-state index in [1.165, 1.54) is 33.6 Å². The molecular formula is C52H74N14O12S2. The molecule has 5 rings (SSSR count). The van der Waals surface area contributed by atoms with Gasteiger partial charge in [-0.2, -0.15) is 0 Å². The minimum Gasteiger partial charge on any atom is -0.497 e. The van der Waals surface area contributed by atoms with Crippen LogP contribution in [-0.4, -0.2) is 155 Å². The van der Waals surface area contributed by atoms with E-state index in [1.807, 2.05) is 0 Å². The molecule has 0 radical (unpaired) electrons. The van der Waals surface area contributed by atoms with Gasteiger partial charge in [0.2, 0.25) is 65.0 Å². The molecule has 0 aromatic heterocycles. The first-order valence-electron chi connectivity index (χ1n) is 26.4. The topological polar surface area (TPSA) is 427 Å². The van der Waals surface area contributed by atoms with Gasteiger partial charge in [0, 0.05) is 49.3 Å². The summed E-state index contributed by atoms with van der Waals surface area (Å²) < 4.78 is 4.59. The van der Waals surface area contributed by atoms with Crippen LogP contribution in [0.1, 0.15) is 94.6 Å². The summed E-state index contributed by atoms with van der Waals surface area (Å²) in [7, 11) is 4.02. The normalized spacial score (nSPS) is 22.6. The summed E-state index contributed by atoms with van der Waals surface area (Å²) in [6.07, 6.45) is 2.41. The Hall–Kier alpha value is -7.62. The van der Waals surface area contributed by atoms with Crippen molar-refractivity contribution in [3.63, 3.8) is 0 Å². The molecule has 28 heteroatoms. The zero-order chi connectivity index (χ0) is 58.4. The lowest BCUT2D eigenvalue weighted by atomic mass is 9.85. The van der Waals surface area contributed by atoms with Gasteiger partial charge in [-0.3, -0.25) is 57.7 Å². The standard InChI is InChI=1S/C52H74N14O12S2/c1-78-32-16-14-31(15-17-32)25-35-46(73)63-36(24-30-10-4-2-5-11-30)47(74)61-34(18-19-40(53)67)45(72)64-37(26-41(54)68)48(75)65-38(29-79-80-52(27-43(70)60-35)20-6-3-7-21-52)50(77)66-23-9-13-39(66)49(76)62-33(12-8-22-58-51(56)57)44(71)59-28-42(55)69/h2,4-5,10-11,14-17,33-39H,3,6-9,12-13,18-29H2,1H3,(H2,53,67)(H2,54,68)(H2,55,69)(H,59,71)(H,60,70)(H,61,74)(H,62,76)(H,63,73)(H,64,72)(H,65,75)(H4,56,57,58)/t33-,34?,35-,36-,37-,38-,39-/m0/s1. The molecule has 80 heavy (non-hydrogen) atoms. The maximum Gasteiger partial charge on any atom is 0.246 e. The van der Waals surface area contributed by atoms with Crippen molar-refractivity contribution in [3.05, 3.63) is 65.7 Å². The van der Waals surface area contributed by atoms with Crippen LogP contribution in [0.5, 0.6) is 5.75 Å². The predicted molar refractivity (Wildman–Crippen MR) is 298 cm³/mol. The van der Waals surface area contributed by atoms with Crippen LogP contribution in [0.2, 0.25) is 0 Å².